The van der Waals surface area contributed by atoms with Gasteiger partial charge in [0.05, 0.1) is 6.61 Å². The number of fused-ring (bicyclic) bond motifs is 1. The molecule has 5 heteroatoms. The summed E-state index contributed by atoms with van der Waals surface area (Å²) in [5, 5.41) is 9.82. The second-order valence-electron chi connectivity index (χ2n) is 5.94. The highest BCUT2D eigenvalue weighted by Gasteiger charge is 2.27. The highest BCUT2D eigenvalue weighted by Crippen LogP contribution is 2.16. The molecule has 0 bridgehead atoms. The van der Waals surface area contributed by atoms with Gasteiger partial charge in [-0.05, 0) is 34.8 Å². The molecule has 1 aliphatic rings. The van der Waals surface area contributed by atoms with Gasteiger partial charge < -0.3 is 14.2 Å². The molecule has 0 radical (unpaired) electrons. The van der Waals surface area contributed by atoms with Crippen LogP contribution in [0.2, 0.25) is 0 Å². The van der Waals surface area contributed by atoms with Crippen LogP contribution in [0.4, 0.5) is 0 Å². The second kappa shape index (κ2) is 6.11. The van der Waals surface area contributed by atoms with E-state index in [2.05, 4.69) is 0 Å². The van der Waals surface area contributed by atoms with E-state index in [1.165, 1.54) is 0 Å². The summed E-state index contributed by atoms with van der Waals surface area (Å²) < 4.78 is 7.11. The van der Waals surface area contributed by atoms with Gasteiger partial charge in [-0.1, -0.05) is 36.4 Å². The van der Waals surface area contributed by atoms with Crippen LogP contribution in [0.25, 0.3) is 5.69 Å². The van der Waals surface area contributed by atoms with Crippen LogP contribution in [0.3, 0.4) is 0 Å². The Morgan fingerprint density at radius 2 is 2.00 bits per heavy atom. The van der Waals surface area contributed by atoms with E-state index in [0.717, 1.165) is 22.3 Å². The second-order valence-corrected chi connectivity index (χ2v) is 5.94. The maximum Gasteiger partial charge on any atom is 0.491 e. The Balaban J connectivity index is 1.57. The number of carbonyl (C=O) groups excluding carboxylic acids is 1. The minimum atomic E-state index is -0.866. The fraction of sp³-hybridized carbons (Fsp3) is 0.105. The average molecular weight is 317 g/mol. The van der Waals surface area contributed by atoms with Crippen molar-refractivity contribution in [2.75, 3.05) is 0 Å². The van der Waals surface area contributed by atoms with Gasteiger partial charge in [-0.25, -0.2) is 0 Å². The third-order valence-corrected chi connectivity index (χ3v) is 4.31. The third kappa shape index (κ3) is 2.80. The lowest BCUT2D eigenvalue weighted by atomic mass is 9.79. The number of hydrogen-bond acceptors (Lipinski definition) is 3. The summed E-state index contributed by atoms with van der Waals surface area (Å²) in [6.45, 7) is 0.434. The number of Topliss-reactive ketones (excluding diaryl/α,β-unsaturated/α-hetero) is 1. The molecular formula is C19H16BNO3. The van der Waals surface area contributed by atoms with E-state index in [1.54, 1.807) is 0 Å². The van der Waals surface area contributed by atoms with Crippen LogP contribution in [0, 0.1) is 0 Å². The Hall–Kier alpha value is -2.63. The molecule has 2 heterocycles. The van der Waals surface area contributed by atoms with Crippen molar-refractivity contribution in [1.82, 2.24) is 4.57 Å². The molecular weight excluding hydrogens is 301 g/mol. The van der Waals surface area contributed by atoms with E-state index in [1.807, 2.05) is 71.6 Å². The molecule has 0 atom stereocenters. The van der Waals surface area contributed by atoms with E-state index >= 15 is 0 Å². The van der Waals surface area contributed by atoms with Gasteiger partial charge in [-0.3, -0.25) is 4.79 Å². The fourth-order valence-electron chi connectivity index (χ4n) is 2.97. The molecule has 0 saturated heterocycles. The summed E-state index contributed by atoms with van der Waals surface area (Å²) in [5.74, 6) is 0.0875. The highest BCUT2D eigenvalue weighted by molar-refractivity contribution is 6.61. The van der Waals surface area contributed by atoms with Gasteiger partial charge in [0.15, 0.2) is 5.78 Å². The first kappa shape index (κ1) is 14.9. The zero-order valence-electron chi connectivity index (χ0n) is 13.1. The first-order valence-corrected chi connectivity index (χ1v) is 7.89. The van der Waals surface area contributed by atoms with Crippen molar-refractivity contribution >= 4 is 18.4 Å². The summed E-state index contributed by atoms with van der Waals surface area (Å²) in [4.78, 5) is 12.4. The van der Waals surface area contributed by atoms with E-state index in [-0.39, 0.29) is 5.78 Å². The quantitative estimate of drug-likeness (QED) is 0.592. The molecule has 0 spiro atoms. The zero-order chi connectivity index (χ0) is 16.5. The van der Waals surface area contributed by atoms with E-state index in [4.69, 9.17) is 4.65 Å². The third-order valence-electron chi connectivity index (χ3n) is 4.31. The lowest BCUT2D eigenvalue weighted by Crippen LogP contribution is -2.28. The molecule has 1 aliphatic heterocycles. The molecule has 3 aromatic rings. The molecule has 4 nitrogen and oxygen atoms in total. The number of nitrogens with zero attached hydrogens (tertiary/aromatic N) is 1. The van der Waals surface area contributed by atoms with Gasteiger partial charge in [0.2, 0.25) is 0 Å². The molecule has 0 unspecified atom stereocenters. The van der Waals surface area contributed by atoms with Crippen LogP contribution in [-0.4, -0.2) is 22.5 Å². The molecule has 0 amide bonds. The summed E-state index contributed by atoms with van der Waals surface area (Å²) in [7, 11) is -0.866. The minimum Gasteiger partial charge on any atom is -0.423 e. The summed E-state index contributed by atoms with van der Waals surface area (Å²) in [6.07, 6.45) is 4.08. The van der Waals surface area contributed by atoms with E-state index in [0.29, 0.717) is 18.6 Å². The Labute approximate surface area is 140 Å². The van der Waals surface area contributed by atoms with Gasteiger partial charge in [-0.15, -0.1) is 0 Å². The normalized spacial score (nSPS) is 13.1. The number of benzene rings is 2. The van der Waals surface area contributed by atoms with Gasteiger partial charge in [0, 0.05) is 30.1 Å². The van der Waals surface area contributed by atoms with Gasteiger partial charge >= 0.3 is 7.12 Å². The number of carbonyl (C=O) groups is 1. The largest absolute Gasteiger partial charge is 0.491 e. The fourth-order valence-corrected chi connectivity index (χ4v) is 2.97. The molecule has 24 heavy (non-hydrogen) atoms. The van der Waals surface area contributed by atoms with Crippen molar-refractivity contribution in [3.8, 4) is 5.69 Å². The molecule has 0 saturated carbocycles. The zero-order valence-corrected chi connectivity index (χ0v) is 13.1. The van der Waals surface area contributed by atoms with Crippen LogP contribution >= 0.6 is 0 Å². The van der Waals surface area contributed by atoms with Crippen molar-refractivity contribution in [1.29, 1.82) is 0 Å². The summed E-state index contributed by atoms with van der Waals surface area (Å²) in [5.41, 5.74) is 4.37. The van der Waals surface area contributed by atoms with Crippen LogP contribution in [0.1, 0.15) is 21.5 Å². The predicted octanol–water partition coefficient (Wildman–Crippen LogP) is 2.12. The molecule has 118 valence electrons. The number of hydrogen-bond donors (Lipinski definition) is 1. The lowest BCUT2D eigenvalue weighted by molar-refractivity contribution is 0.0993. The molecule has 0 fully saturated rings. The Morgan fingerprint density at radius 3 is 2.83 bits per heavy atom. The average Bonchev–Trinajstić information content (AvgIpc) is 3.23. The molecule has 1 aromatic heterocycles. The van der Waals surface area contributed by atoms with Crippen molar-refractivity contribution in [3.63, 3.8) is 0 Å². The summed E-state index contributed by atoms with van der Waals surface area (Å²) in [6, 6.07) is 17.4. The Kier molecular flexibility index (Phi) is 3.80. The van der Waals surface area contributed by atoms with Crippen molar-refractivity contribution in [2.24, 2.45) is 0 Å². The van der Waals surface area contributed by atoms with Gasteiger partial charge in [-0.2, -0.15) is 0 Å². The number of aromatic nitrogens is 1. The monoisotopic (exact) mass is 317 g/mol. The maximum atomic E-state index is 12.4. The lowest BCUT2D eigenvalue weighted by Gasteiger charge is -2.06. The number of ketones is 1. The SMILES string of the molecule is O=C(Cc1ccccc1)c1ccn(-c2ccc3c(c2)B(O)OC3)c1. The van der Waals surface area contributed by atoms with Crippen LogP contribution in [0.15, 0.2) is 67.0 Å². The first-order chi connectivity index (χ1) is 11.7. The number of rotatable bonds is 4. The van der Waals surface area contributed by atoms with Crippen LogP contribution in [0.5, 0.6) is 0 Å². The highest BCUT2D eigenvalue weighted by atomic mass is 16.5. The standard InChI is InChI=1S/C19H16BNO3/c22-19(10-14-4-2-1-3-5-14)15-8-9-21(12-15)17-7-6-16-13-24-20(23)18(16)11-17/h1-9,11-12,23H,10,13H2. The summed E-state index contributed by atoms with van der Waals surface area (Å²) >= 11 is 0. The molecule has 4 rings (SSSR count). The van der Waals surface area contributed by atoms with Crippen molar-refractivity contribution < 1.29 is 14.5 Å². The van der Waals surface area contributed by atoms with Gasteiger partial charge in [0.25, 0.3) is 0 Å². The first-order valence-electron chi connectivity index (χ1n) is 7.89. The smallest absolute Gasteiger partial charge is 0.423 e. The Morgan fingerprint density at radius 1 is 1.17 bits per heavy atom. The van der Waals surface area contributed by atoms with Gasteiger partial charge in [0.1, 0.15) is 0 Å². The van der Waals surface area contributed by atoms with Crippen molar-refractivity contribution in [2.45, 2.75) is 13.0 Å². The Bertz CT molecular complexity index is 889. The van der Waals surface area contributed by atoms with Crippen molar-refractivity contribution in [3.05, 3.63) is 83.7 Å². The van der Waals surface area contributed by atoms with E-state index in [9.17, 15) is 9.82 Å². The predicted molar refractivity (Wildman–Crippen MR) is 92.6 cm³/mol. The topological polar surface area (TPSA) is 51.5 Å². The minimum absolute atomic E-state index is 0.0875. The van der Waals surface area contributed by atoms with E-state index < -0.39 is 7.12 Å². The molecule has 1 N–H and O–H groups in total. The van der Waals surface area contributed by atoms with Crippen LogP contribution in [-0.2, 0) is 17.7 Å². The maximum absolute atomic E-state index is 12.4. The molecule has 0 aliphatic carbocycles. The van der Waals surface area contributed by atoms with Crippen LogP contribution < -0.4 is 5.46 Å². The molecule has 2 aromatic carbocycles.